The topological polar surface area (TPSA) is 121 Å². The van der Waals surface area contributed by atoms with E-state index in [-0.39, 0.29) is 17.4 Å². The van der Waals surface area contributed by atoms with Gasteiger partial charge in [-0.3, -0.25) is 23.9 Å². The molecule has 1 aliphatic rings. The minimum Gasteiger partial charge on any atom is -0.383 e. The Labute approximate surface area is 174 Å². The highest BCUT2D eigenvalue weighted by atomic mass is 16.2. The van der Waals surface area contributed by atoms with Crippen LogP contribution in [0.1, 0.15) is 49.4 Å². The van der Waals surface area contributed by atoms with E-state index in [2.05, 4.69) is 4.98 Å². The van der Waals surface area contributed by atoms with Crippen molar-refractivity contribution in [3.05, 3.63) is 50.7 Å². The second kappa shape index (κ2) is 8.98. The molecule has 0 bridgehead atoms. The van der Waals surface area contributed by atoms with Gasteiger partial charge in [0.2, 0.25) is 5.91 Å². The summed E-state index contributed by atoms with van der Waals surface area (Å²) in [6.45, 7) is 2.99. The van der Waals surface area contributed by atoms with Crippen molar-refractivity contribution in [3.8, 4) is 0 Å². The first-order chi connectivity index (χ1) is 14.3. The molecule has 9 heteroatoms. The van der Waals surface area contributed by atoms with E-state index in [0.29, 0.717) is 31.5 Å². The van der Waals surface area contributed by atoms with Crippen molar-refractivity contribution in [1.82, 2.24) is 9.55 Å². The highest BCUT2D eigenvalue weighted by Crippen LogP contribution is 2.23. The van der Waals surface area contributed by atoms with Crippen molar-refractivity contribution in [2.24, 2.45) is 0 Å². The van der Waals surface area contributed by atoms with Crippen molar-refractivity contribution in [2.45, 2.75) is 45.6 Å². The Kier molecular flexibility index (Phi) is 6.39. The Balaban J connectivity index is 1.88. The summed E-state index contributed by atoms with van der Waals surface area (Å²) in [5.74, 6) is -0.404. The molecule has 1 aliphatic heterocycles. The largest absolute Gasteiger partial charge is 0.383 e. The number of aromatic amines is 1. The lowest BCUT2D eigenvalue weighted by Crippen LogP contribution is -2.39. The predicted molar refractivity (Wildman–Crippen MR) is 116 cm³/mol. The van der Waals surface area contributed by atoms with Gasteiger partial charge in [0.15, 0.2) is 5.69 Å². The zero-order valence-electron chi connectivity index (χ0n) is 17.3. The number of carbonyl (C=O) groups excluding carboxylic acids is 2. The molecule has 0 radical (unpaired) electrons. The monoisotopic (exact) mass is 413 g/mol. The summed E-state index contributed by atoms with van der Waals surface area (Å²) >= 11 is 0. The zero-order chi connectivity index (χ0) is 21.8. The second-order valence-corrected chi connectivity index (χ2v) is 7.41. The Morgan fingerprint density at radius 2 is 1.87 bits per heavy atom. The maximum Gasteiger partial charge on any atom is 0.330 e. The maximum absolute atomic E-state index is 13.0. The summed E-state index contributed by atoms with van der Waals surface area (Å²) in [6.07, 6.45) is 3.93. The van der Waals surface area contributed by atoms with Crippen LogP contribution < -0.4 is 26.8 Å². The minimum absolute atomic E-state index is 0.0383. The molecule has 160 valence electrons. The Morgan fingerprint density at radius 3 is 2.50 bits per heavy atom. The molecule has 9 nitrogen and oxygen atoms in total. The number of anilines is 3. The number of piperidine rings is 1. The average molecular weight is 413 g/mol. The summed E-state index contributed by atoms with van der Waals surface area (Å²) in [4.78, 5) is 54.6. The molecular formula is C21H27N5O4. The first-order valence-electron chi connectivity index (χ1n) is 10.2. The molecular weight excluding hydrogens is 386 g/mol. The molecule has 0 spiro atoms. The van der Waals surface area contributed by atoms with Crippen LogP contribution in [0.2, 0.25) is 0 Å². The van der Waals surface area contributed by atoms with Gasteiger partial charge in [-0.15, -0.1) is 0 Å². The molecule has 30 heavy (non-hydrogen) atoms. The molecule has 2 amide bonds. The molecule has 1 aromatic heterocycles. The Hall–Kier alpha value is -3.36. The van der Waals surface area contributed by atoms with Gasteiger partial charge in [-0.05, 0) is 43.5 Å². The van der Waals surface area contributed by atoms with Crippen LogP contribution in [-0.2, 0) is 11.3 Å². The number of nitrogens with two attached hydrogens (primary N) is 1. The fraction of sp³-hybridized carbons (Fsp3) is 0.429. The van der Waals surface area contributed by atoms with E-state index in [1.807, 2.05) is 6.92 Å². The van der Waals surface area contributed by atoms with Gasteiger partial charge in [0.1, 0.15) is 5.82 Å². The molecule has 3 N–H and O–H groups in total. The highest BCUT2D eigenvalue weighted by Gasteiger charge is 2.23. The zero-order valence-corrected chi connectivity index (χ0v) is 17.3. The number of unbranched alkanes of at least 4 members (excludes halogenated alkanes) is 1. The molecule has 0 unspecified atom stereocenters. The smallest absolute Gasteiger partial charge is 0.330 e. The average Bonchev–Trinajstić information content (AvgIpc) is 2.73. The van der Waals surface area contributed by atoms with E-state index in [0.717, 1.165) is 29.8 Å². The summed E-state index contributed by atoms with van der Waals surface area (Å²) in [5.41, 5.74) is 5.80. The molecule has 3 rings (SSSR count). The van der Waals surface area contributed by atoms with Crippen LogP contribution in [0.3, 0.4) is 0 Å². The van der Waals surface area contributed by atoms with Crippen molar-refractivity contribution in [3.63, 3.8) is 0 Å². The quantitative estimate of drug-likeness (QED) is 0.747. The van der Waals surface area contributed by atoms with Gasteiger partial charge >= 0.3 is 5.69 Å². The fourth-order valence-electron chi connectivity index (χ4n) is 3.60. The van der Waals surface area contributed by atoms with Crippen LogP contribution >= 0.6 is 0 Å². The van der Waals surface area contributed by atoms with Crippen molar-refractivity contribution >= 4 is 29.0 Å². The molecule has 0 atom stereocenters. The number of nitrogens with zero attached hydrogens (tertiary/aromatic N) is 3. The lowest BCUT2D eigenvalue weighted by Gasteiger charge is -2.27. The van der Waals surface area contributed by atoms with E-state index in [1.54, 1.807) is 29.2 Å². The number of amides is 2. The summed E-state index contributed by atoms with van der Waals surface area (Å²) in [5, 5.41) is 0. The molecule has 1 saturated heterocycles. The molecule has 2 heterocycles. The standard InChI is InChI=1S/C21H27N5O4/c1-3-4-12-26-18(22)17(19(28)23-21(26)30)24(2)20(29)14-8-10-15(11-9-14)25-13-6-5-7-16(25)27/h8-11H,3-7,12-13,22H2,1-2H3,(H,23,28,30). The number of nitrogens with one attached hydrogen (secondary N) is 1. The third kappa shape index (κ3) is 4.14. The predicted octanol–water partition coefficient (Wildman–Crippen LogP) is 1.71. The molecule has 2 aromatic rings. The number of benzene rings is 1. The first-order valence-corrected chi connectivity index (χ1v) is 10.2. The highest BCUT2D eigenvalue weighted by molar-refractivity contribution is 6.07. The lowest BCUT2D eigenvalue weighted by molar-refractivity contribution is -0.119. The first kappa shape index (κ1) is 21.4. The lowest BCUT2D eigenvalue weighted by atomic mass is 10.1. The number of H-pyrrole nitrogens is 1. The van der Waals surface area contributed by atoms with E-state index >= 15 is 0 Å². The normalized spacial score (nSPS) is 14.1. The number of hydrogen-bond acceptors (Lipinski definition) is 5. The maximum atomic E-state index is 13.0. The van der Waals surface area contributed by atoms with E-state index in [4.69, 9.17) is 5.73 Å². The van der Waals surface area contributed by atoms with E-state index in [1.165, 1.54) is 11.6 Å². The molecule has 1 fully saturated rings. The Morgan fingerprint density at radius 1 is 1.17 bits per heavy atom. The number of nitrogen functional groups attached to an aromatic ring is 1. The van der Waals surface area contributed by atoms with Gasteiger partial charge in [0, 0.05) is 37.8 Å². The van der Waals surface area contributed by atoms with Gasteiger partial charge in [0.05, 0.1) is 0 Å². The summed E-state index contributed by atoms with van der Waals surface area (Å²) in [6, 6.07) is 6.68. The van der Waals surface area contributed by atoms with Crippen molar-refractivity contribution in [2.75, 3.05) is 29.1 Å². The van der Waals surface area contributed by atoms with E-state index in [9.17, 15) is 19.2 Å². The van der Waals surface area contributed by atoms with Crippen LogP contribution in [0.25, 0.3) is 0 Å². The van der Waals surface area contributed by atoms with Gasteiger partial charge in [-0.1, -0.05) is 13.3 Å². The second-order valence-electron chi connectivity index (χ2n) is 7.41. The van der Waals surface area contributed by atoms with Crippen molar-refractivity contribution < 1.29 is 9.59 Å². The summed E-state index contributed by atoms with van der Waals surface area (Å²) < 4.78 is 1.27. The Bertz CT molecular complexity index is 1050. The summed E-state index contributed by atoms with van der Waals surface area (Å²) in [7, 11) is 1.44. The molecule has 1 aromatic carbocycles. The van der Waals surface area contributed by atoms with Crippen LogP contribution in [0.15, 0.2) is 33.9 Å². The van der Waals surface area contributed by atoms with Crippen molar-refractivity contribution in [1.29, 1.82) is 0 Å². The number of aromatic nitrogens is 2. The van der Waals surface area contributed by atoms with Gasteiger partial charge in [-0.2, -0.15) is 0 Å². The molecule has 0 saturated carbocycles. The third-order valence-corrected chi connectivity index (χ3v) is 5.34. The SMILES string of the molecule is CCCCn1c(N)c(N(C)C(=O)c2ccc(N3CCCCC3=O)cc2)c(=O)[nH]c1=O. The van der Waals surface area contributed by atoms with Crippen LogP contribution in [0, 0.1) is 0 Å². The van der Waals surface area contributed by atoms with E-state index < -0.39 is 17.2 Å². The van der Waals surface area contributed by atoms with Crippen LogP contribution in [0.5, 0.6) is 0 Å². The van der Waals surface area contributed by atoms with Gasteiger partial charge in [0.25, 0.3) is 11.5 Å². The molecule has 0 aliphatic carbocycles. The fourth-order valence-corrected chi connectivity index (χ4v) is 3.60. The minimum atomic E-state index is -0.711. The third-order valence-electron chi connectivity index (χ3n) is 5.34. The van der Waals surface area contributed by atoms with Crippen LogP contribution in [0.4, 0.5) is 17.2 Å². The number of rotatable bonds is 6. The van der Waals surface area contributed by atoms with Gasteiger partial charge in [-0.25, -0.2) is 4.79 Å². The van der Waals surface area contributed by atoms with Gasteiger partial charge < -0.3 is 15.5 Å². The number of carbonyl (C=O) groups is 2. The number of hydrogen-bond donors (Lipinski definition) is 2. The van der Waals surface area contributed by atoms with Crippen LogP contribution in [-0.4, -0.2) is 35.0 Å².